The van der Waals surface area contributed by atoms with Crippen molar-refractivity contribution in [2.45, 2.75) is 0 Å². The van der Waals surface area contributed by atoms with E-state index in [0.717, 1.165) is 0 Å². The van der Waals surface area contributed by atoms with Crippen LogP contribution in [-0.2, 0) is 0 Å². The predicted molar refractivity (Wildman–Crippen MR) is 68.9 cm³/mol. The van der Waals surface area contributed by atoms with Crippen molar-refractivity contribution < 1.29 is 12.9 Å². The van der Waals surface area contributed by atoms with Crippen LogP contribution in [0.3, 0.4) is 0 Å². The van der Waals surface area contributed by atoms with E-state index in [9.17, 15) is 12.9 Å². The minimum Gasteiger partial charge on any atom is -0.445 e. The van der Waals surface area contributed by atoms with Crippen molar-refractivity contribution in [2.24, 2.45) is 0 Å². The second kappa shape index (κ2) is 5.60. The van der Waals surface area contributed by atoms with E-state index in [1.165, 1.54) is 0 Å². The Morgan fingerprint density at radius 2 is 1.74 bits per heavy atom. The molecular formula is C11H15BF3N4-. The molecule has 1 aromatic heterocycles. The second-order valence-electron chi connectivity index (χ2n) is 4.54. The lowest BCUT2D eigenvalue weighted by Gasteiger charge is -2.36. The summed E-state index contributed by atoms with van der Waals surface area (Å²) in [5.41, 5.74) is -0.635. The molecule has 0 radical (unpaired) electrons. The van der Waals surface area contributed by atoms with Gasteiger partial charge in [-0.25, -0.2) is 9.97 Å². The van der Waals surface area contributed by atoms with Gasteiger partial charge in [-0.3, -0.25) is 4.90 Å². The summed E-state index contributed by atoms with van der Waals surface area (Å²) in [6.45, 7) is 0.455. The van der Waals surface area contributed by atoms with Crippen LogP contribution < -0.4 is 4.90 Å². The maximum atomic E-state index is 12.5. The van der Waals surface area contributed by atoms with Gasteiger partial charge in [-0.15, -0.1) is 12.1 Å². The molecule has 4 nitrogen and oxygen atoms in total. The summed E-state index contributed by atoms with van der Waals surface area (Å²) in [6.07, 6.45) is 3.31. The van der Waals surface area contributed by atoms with E-state index in [0.29, 0.717) is 32.1 Å². The fourth-order valence-corrected chi connectivity index (χ4v) is 1.95. The second-order valence-corrected chi connectivity index (χ2v) is 4.54. The van der Waals surface area contributed by atoms with Crippen LogP contribution in [0.2, 0.25) is 0 Å². The number of aromatic nitrogens is 2. The van der Waals surface area contributed by atoms with Gasteiger partial charge in [0.05, 0.1) is 0 Å². The SMILES string of the molecule is C=C(CN1CCN(c2ncccn2)CC1)[B-](F)(F)F. The molecule has 0 saturated carbocycles. The summed E-state index contributed by atoms with van der Waals surface area (Å²) in [7, 11) is 0. The van der Waals surface area contributed by atoms with Crippen molar-refractivity contribution in [2.75, 3.05) is 37.6 Å². The Kier molecular flexibility index (Phi) is 4.09. The molecule has 1 saturated heterocycles. The summed E-state index contributed by atoms with van der Waals surface area (Å²) in [5, 5.41) is 0. The molecule has 104 valence electrons. The van der Waals surface area contributed by atoms with E-state index in [1.54, 1.807) is 23.4 Å². The van der Waals surface area contributed by atoms with Gasteiger partial charge in [-0.2, -0.15) is 0 Å². The van der Waals surface area contributed by atoms with Crippen LogP contribution >= 0.6 is 0 Å². The molecule has 1 aliphatic rings. The molecule has 2 rings (SSSR count). The summed E-state index contributed by atoms with van der Waals surface area (Å²) in [4.78, 5) is 12.0. The van der Waals surface area contributed by atoms with Crippen LogP contribution in [0, 0.1) is 0 Å². The van der Waals surface area contributed by atoms with E-state index >= 15 is 0 Å². The monoisotopic (exact) mass is 271 g/mol. The fraction of sp³-hybridized carbons (Fsp3) is 0.455. The third-order valence-electron chi connectivity index (χ3n) is 3.10. The molecule has 0 aromatic carbocycles. The van der Waals surface area contributed by atoms with Gasteiger partial charge in [0, 0.05) is 38.6 Å². The van der Waals surface area contributed by atoms with Crippen LogP contribution in [0.4, 0.5) is 18.9 Å². The van der Waals surface area contributed by atoms with Gasteiger partial charge in [-0.05, 0) is 12.6 Å². The number of hydrogen-bond donors (Lipinski definition) is 0. The molecule has 0 bridgehead atoms. The van der Waals surface area contributed by atoms with E-state index in [2.05, 4.69) is 16.5 Å². The van der Waals surface area contributed by atoms with Gasteiger partial charge < -0.3 is 17.8 Å². The van der Waals surface area contributed by atoms with Crippen molar-refractivity contribution in [3.63, 3.8) is 0 Å². The zero-order valence-electron chi connectivity index (χ0n) is 10.5. The van der Waals surface area contributed by atoms with E-state index < -0.39 is 12.4 Å². The summed E-state index contributed by atoms with van der Waals surface area (Å²) in [5.74, 6) is 0.626. The fourth-order valence-electron chi connectivity index (χ4n) is 1.95. The molecule has 0 spiro atoms. The average molecular weight is 271 g/mol. The van der Waals surface area contributed by atoms with Gasteiger partial charge >= 0.3 is 6.98 Å². The van der Waals surface area contributed by atoms with Crippen LogP contribution in [0.25, 0.3) is 0 Å². The first-order valence-electron chi connectivity index (χ1n) is 6.09. The molecule has 0 atom stereocenters. The Labute approximate surface area is 110 Å². The molecule has 0 unspecified atom stereocenters. The minimum absolute atomic E-state index is 0.104. The van der Waals surface area contributed by atoms with Crippen molar-refractivity contribution in [1.82, 2.24) is 14.9 Å². The number of hydrogen-bond acceptors (Lipinski definition) is 4. The highest BCUT2D eigenvalue weighted by Gasteiger charge is 2.29. The third kappa shape index (κ3) is 3.70. The molecule has 2 heterocycles. The molecular weight excluding hydrogens is 256 g/mol. The van der Waals surface area contributed by atoms with Crippen molar-refractivity contribution in [1.29, 1.82) is 0 Å². The maximum absolute atomic E-state index is 12.5. The van der Waals surface area contributed by atoms with Gasteiger partial charge in [0.1, 0.15) is 0 Å². The number of rotatable bonds is 4. The smallest absolute Gasteiger partial charge is 0.445 e. The van der Waals surface area contributed by atoms with Crippen LogP contribution in [0.1, 0.15) is 0 Å². The highest BCUT2D eigenvalue weighted by Crippen LogP contribution is 2.20. The molecule has 0 N–H and O–H groups in total. The van der Waals surface area contributed by atoms with E-state index in [-0.39, 0.29) is 6.54 Å². The van der Waals surface area contributed by atoms with E-state index in [4.69, 9.17) is 0 Å². The Hall–Kier alpha value is -1.57. The quantitative estimate of drug-likeness (QED) is 0.777. The topological polar surface area (TPSA) is 32.3 Å². The number of piperazine rings is 1. The highest BCUT2D eigenvalue weighted by atomic mass is 19.4. The lowest BCUT2D eigenvalue weighted by molar-refractivity contribution is 0.276. The Balaban J connectivity index is 1.85. The summed E-state index contributed by atoms with van der Waals surface area (Å²) < 4.78 is 37.4. The summed E-state index contributed by atoms with van der Waals surface area (Å²) in [6, 6.07) is 1.73. The van der Waals surface area contributed by atoms with Crippen LogP contribution in [0.5, 0.6) is 0 Å². The molecule has 0 amide bonds. The lowest BCUT2D eigenvalue weighted by Crippen LogP contribution is -2.48. The number of halogens is 3. The Morgan fingerprint density at radius 3 is 2.26 bits per heavy atom. The molecule has 0 aliphatic carbocycles. The molecule has 19 heavy (non-hydrogen) atoms. The third-order valence-corrected chi connectivity index (χ3v) is 3.10. The largest absolute Gasteiger partial charge is 0.506 e. The van der Waals surface area contributed by atoms with Gasteiger partial charge in [0.15, 0.2) is 0 Å². The number of anilines is 1. The van der Waals surface area contributed by atoms with E-state index in [1.807, 2.05) is 4.90 Å². The molecule has 8 heteroatoms. The molecule has 1 aliphatic heterocycles. The van der Waals surface area contributed by atoms with Crippen LogP contribution in [-0.4, -0.2) is 54.6 Å². The lowest BCUT2D eigenvalue weighted by atomic mass is 9.80. The van der Waals surface area contributed by atoms with Crippen LogP contribution in [0.15, 0.2) is 30.5 Å². The Morgan fingerprint density at radius 1 is 1.16 bits per heavy atom. The Bertz CT molecular complexity index is 429. The van der Waals surface area contributed by atoms with Gasteiger partial charge in [0.2, 0.25) is 5.95 Å². The van der Waals surface area contributed by atoms with Crippen molar-refractivity contribution in [3.05, 3.63) is 30.5 Å². The van der Waals surface area contributed by atoms with Crippen molar-refractivity contribution in [3.8, 4) is 0 Å². The van der Waals surface area contributed by atoms with Crippen molar-refractivity contribution >= 4 is 12.9 Å². The zero-order valence-corrected chi connectivity index (χ0v) is 10.5. The maximum Gasteiger partial charge on any atom is 0.506 e. The highest BCUT2D eigenvalue weighted by molar-refractivity contribution is 6.66. The van der Waals surface area contributed by atoms with Gasteiger partial charge in [-0.1, -0.05) is 0 Å². The average Bonchev–Trinajstić information content (AvgIpc) is 2.39. The molecule has 1 aromatic rings. The summed E-state index contributed by atoms with van der Waals surface area (Å²) >= 11 is 0. The predicted octanol–water partition coefficient (Wildman–Crippen LogP) is 1.54. The normalized spacial score (nSPS) is 17.5. The number of nitrogens with zero attached hydrogens (tertiary/aromatic N) is 4. The first kappa shape index (κ1) is 13.9. The molecule has 1 fully saturated rings. The van der Waals surface area contributed by atoms with Gasteiger partial charge in [0.25, 0.3) is 0 Å². The zero-order chi connectivity index (χ0) is 13.9. The standard InChI is InChI=1S/C11H15BF3N4/c1-10(12(13,14)15)9-18-5-7-19(8-6-18)11-16-3-2-4-17-11/h2-4H,1,5-9H2/q-1. The minimum atomic E-state index is -4.93. The first-order valence-corrected chi connectivity index (χ1v) is 6.09. The first-order chi connectivity index (χ1) is 8.97.